The highest BCUT2D eigenvalue weighted by atomic mass is 16.4. The molecule has 12 heteroatoms. The minimum absolute atomic E-state index is 0.689. The smallest absolute Gasteiger partial charge is 0.325 e. The van der Waals surface area contributed by atoms with Gasteiger partial charge >= 0.3 is 5.97 Å². The molecule has 6 unspecified atom stereocenters. The summed E-state index contributed by atoms with van der Waals surface area (Å²) in [6.45, 7) is 2.88. The predicted octanol–water partition coefficient (Wildman–Crippen LogP) is -4.37. The molecule has 9 N–H and O–H groups in total. The predicted molar refractivity (Wildman–Crippen MR) is 87.5 cm³/mol. The molecule has 6 atom stereocenters. The van der Waals surface area contributed by atoms with E-state index >= 15 is 0 Å². The summed E-state index contributed by atoms with van der Waals surface area (Å²) < 4.78 is 0. The summed E-state index contributed by atoms with van der Waals surface area (Å²) in [6.07, 6.45) is -2.79. The van der Waals surface area contributed by atoms with Crippen molar-refractivity contribution in [3.05, 3.63) is 0 Å². The molecule has 0 aliphatic carbocycles. The van der Waals surface area contributed by atoms with Gasteiger partial charge in [0.05, 0.1) is 18.8 Å². The van der Waals surface area contributed by atoms with Crippen LogP contribution in [0.4, 0.5) is 0 Å². The average Bonchev–Trinajstić information content (AvgIpc) is 2.55. The van der Waals surface area contributed by atoms with Crippen LogP contribution in [0.1, 0.15) is 20.8 Å². The first-order valence-electron chi connectivity index (χ1n) is 7.78. The number of amides is 3. The van der Waals surface area contributed by atoms with Gasteiger partial charge in [-0.2, -0.15) is 0 Å². The van der Waals surface area contributed by atoms with Gasteiger partial charge in [-0.25, -0.2) is 0 Å². The number of carboxylic acids is 1. The van der Waals surface area contributed by atoms with Gasteiger partial charge in [-0.15, -0.1) is 0 Å². The Bertz CT molecular complexity index is 525. The van der Waals surface area contributed by atoms with E-state index in [1.54, 1.807) is 0 Å². The lowest BCUT2D eigenvalue weighted by Gasteiger charge is -2.27. The van der Waals surface area contributed by atoms with Gasteiger partial charge in [0.1, 0.15) is 24.2 Å². The normalized spacial score (nSPS) is 17.8. The standard InChI is InChI=1S/C14H26N4O8/c1-5(14(25)26)16-12(23)9(6(2)20)18-13(24)10(7(3)21)17-11(22)8(15)4-19/h5-10,19-21H,4,15H2,1-3H3,(H,16,23)(H,17,22)(H,18,24)(H,25,26). The van der Waals surface area contributed by atoms with Gasteiger partial charge in [-0.3, -0.25) is 19.2 Å². The molecule has 0 heterocycles. The van der Waals surface area contributed by atoms with Crippen molar-refractivity contribution in [1.29, 1.82) is 0 Å². The minimum atomic E-state index is -1.53. The Balaban J connectivity index is 5.17. The zero-order valence-corrected chi connectivity index (χ0v) is 14.7. The van der Waals surface area contributed by atoms with E-state index in [2.05, 4.69) is 16.0 Å². The lowest BCUT2D eigenvalue weighted by Crippen LogP contribution is -2.61. The number of hydrogen-bond donors (Lipinski definition) is 8. The third-order valence-corrected chi connectivity index (χ3v) is 3.39. The zero-order chi connectivity index (χ0) is 20.6. The molecule has 0 aromatic heterocycles. The largest absolute Gasteiger partial charge is 0.480 e. The van der Waals surface area contributed by atoms with Crippen molar-refractivity contribution >= 4 is 23.7 Å². The van der Waals surface area contributed by atoms with Crippen molar-refractivity contribution in [1.82, 2.24) is 16.0 Å². The van der Waals surface area contributed by atoms with Crippen LogP contribution in [0.2, 0.25) is 0 Å². The topological polar surface area (TPSA) is 211 Å². The molecule has 3 amide bonds. The number of nitrogens with one attached hydrogen (secondary N) is 3. The zero-order valence-electron chi connectivity index (χ0n) is 14.7. The van der Waals surface area contributed by atoms with E-state index in [1.165, 1.54) is 20.8 Å². The molecule has 0 fully saturated rings. The van der Waals surface area contributed by atoms with Crippen molar-refractivity contribution in [2.45, 2.75) is 57.1 Å². The molecular weight excluding hydrogens is 352 g/mol. The highest BCUT2D eigenvalue weighted by molar-refractivity contribution is 5.94. The number of nitrogens with two attached hydrogens (primary N) is 1. The lowest BCUT2D eigenvalue weighted by atomic mass is 10.1. The van der Waals surface area contributed by atoms with Gasteiger partial charge in [-0.05, 0) is 20.8 Å². The van der Waals surface area contributed by atoms with Gasteiger partial charge in [-0.1, -0.05) is 0 Å². The van der Waals surface area contributed by atoms with Crippen LogP contribution in [0, 0.1) is 0 Å². The summed E-state index contributed by atoms with van der Waals surface area (Å²) in [4.78, 5) is 46.8. The highest BCUT2D eigenvalue weighted by Gasteiger charge is 2.33. The maximum absolute atomic E-state index is 12.3. The Morgan fingerprint density at radius 3 is 1.58 bits per heavy atom. The van der Waals surface area contributed by atoms with Crippen LogP contribution in [0.25, 0.3) is 0 Å². The number of aliphatic hydroxyl groups is 3. The quantitative estimate of drug-likeness (QED) is 0.184. The molecule has 12 nitrogen and oxygen atoms in total. The van der Waals surface area contributed by atoms with E-state index < -0.39 is 66.7 Å². The summed E-state index contributed by atoms with van der Waals surface area (Å²) in [5, 5.41) is 43.3. The average molecular weight is 378 g/mol. The Kier molecular flexibility index (Phi) is 9.72. The maximum Gasteiger partial charge on any atom is 0.325 e. The van der Waals surface area contributed by atoms with Crippen LogP contribution in [0.5, 0.6) is 0 Å². The van der Waals surface area contributed by atoms with Crippen LogP contribution in [0.15, 0.2) is 0 Å². The van der Waals surface area contributed by atoms with E-state index in [-0.39, 0.29) is 0 Å². The number of carbonyl (C=O) groups excluding carboxylic acids is 3. The fourth-order valence-electron chi connectivity index (χ4n) is 1.76. The van der Waals surface area contributed by atoms with E-state index in [0.717, 1.165) is 0 Å². The third kappa shape index (κ3) is 7.31. The van der Waals surface area contributed by atoms with Crippen molar-refractivity contribution in [2.24, 2.45) is 5.73 Å². The van der Waals surface area contributed by atoms with E-state index in [1.807, 2.05) is 0 Å². The molecule has 0 saturated carbocycles. The second-order valence-electron chi connectivity index (χ2n) is 5.81. The van der Waals surface area contributed by atoms with Crippen LogP contribution < -0.4 is 21.7 Å². The van der Waals surface area contributed by atoms with Crippen molar-refractivity contribution in [2.75, 3.05) is 6.61 Å². The first-order chi connectivity index (χ1) is 11.9. The second kappa shape index (κ2) is 10.7. The third-order valence-electron chi connectivity index (χ3n) is 3.39. The second-order valence-corrected chi connectivity index (χ2v) is 5.81. The van der Waals surface area contributed by atoms with E-state index in [9.17, 15) is 29.4 Å². The molecule has 0 radical (unpaired) electrons. The van der Waals surface area contributed by atoms with Gasteiger partial charge in [0.2, 0.25) is 17.7 Å². The monoisotopic (exact) mass is 378 g/mol. The molecule has 0 aromatic rings. The summed E-state index contributed by atoms with van der Waals surface area (Å²) in [5.41, 5.74) is 5.31. The van der Waals surface area contributed by atoms with Crippen LogP contribution in [-0.4, -0.2) is 87.1 Å². The maximum atomic E-state index is 12.3. The molecule has 0 bridgehead atoms. The molecule has 0 aliphatic heterocycles. The number of carbonyl (C=O) groups is 4. The summed E-state index contributed by atoms with van der Waals surface area (Å²) >= 11 is 0. The van der Waals surface area contributed by atoms with Crippen LogP contribution >= 0.6 is 0 Å². The molecule has 0 spiro atoms. The first kappa shape index (κ1) is 23.7. The lowest BCUT2D eigenvalue weighted by molar-refractivity contribution is -0.142. The fraction of sp³-hybridized carbons (Fsp3) is 0.714. The van der Waals surface area contributed by atoms with Gasteiger partial charge in [0, 0.05) is 0 Å². The Hall–Kier alpha value is -2.28. The molecule has 0 aliphatic rings. The number of carboxylic acid groups (broad SMARTS) is 1. The van der Waals surface area contributed by atoms with Gasteiger partial charge in [0.15, 0.2) is 0 Å². The molecule has 150 valence electrons. The number of aliphatic hydroxyl groups excluding tert-OH is 3. The molecule has 0 aromatic carbocycles. The first-order valence-corrected chi connectivity index (χ1v) is 7.78. The van der Waals surface area contributed by atoms with Crippen molar-refractivity contribution < 1.29 is 39.6 Å². The van der Waals surface area contributed by atoms with Crippen LogP contribution in [0.3, 0.4) is 0 Å². The van der Waals surface area contributed by atoms with E-state index in [0.29, 0.717) is 0 Å². The summed E-state index contributed by atoms with van der Waals surface area (Å²) in [7, 11) is 0. The van der Waals surface area contributed by atoms with Crippen molar-refractivity contribution in [3.63, 3.8) is 0 Å². The Morgan fingerprint density at radius 2 is 1.23 bits per heavy atom. The highest BCUT2D eigenvalue weighted by Crippen LogP contribution is 2.00. The molecular formula is C14H26N4O8. The number of rotatable bonds is 10. The van der Waals surface area contributed by atoms with E-state index in [4.69, 9.17) is 15.9 Å². The molecule has 0 saturated heterocycles. The number of aliphatic carboxylic acids is 1. The van der Waals surface area contributed by atoms with Gasteiger partial charge in [0.25, 0.3) is 0 Å². The Labute approximate surface area is 149 Å². The SMILES string of the molecule is CC(NC(=O)C(NC(=O)C(NC(=O)C(N)CO)C(C)O)C(C)O)C(=O)O. The summed E-state index contributed by atoms with van der Waals surface area (Å²) in [5.74, 6) is -4.21. The van der Waals surface area contributed by atoms with Gasteiger partial charge < -0.3 is 42.1 Å². The summed E-state index contributed by atoms with van der Waals surface area (Å²) in [6, 6.07) is -5.65. The minimum Gasteiger partial charge on any atom is -0.480 e. The Morgan fingerprint density at radius 1 is 0.846 bits per heavy atom. The number of hydrogen-bond acceptors (Lipinski definition) is 8. The van der Waals surface area contributed by atoms with Crippen LogP contribution in [-0.2, 0) is 19.2 Å². The molecule has 26 heavy (non-hydrogen) atoms. The van der Waals surface area contributed by atoms with Crippen molar-refractivity contribution in [3.8, 4) is 0 Å². The molecule has 0 rings (SSSR count). The fourth-order valence-corrected chi connectivity index (χ4v) is 1.76.